The van der Waals surface area contributed by atoms with Crippen LogP contribution < -0.4 is 5.32 Å². The van der Waals surface area contributed by atoms with Crippen LogP contribution in [0.4, 0.5) is 0 Å². The number of carboxylic acids is 1. The number of carbonyl (C=O) groups excluding carboxylic acids is 2. The van der Waals surface area contributed by atoms with Gasteiger partial charge in [-0.3, -0.25) is 9.59 Å². The number of amides is 2. The van der Waals surface area contributed by atoms with Gasteiger partial charge in [0.2, 0.25) is 11.8 Å². The molecule has 1 saturated heterocycles. The number of carboxylic acid groups (broad SMARTS) is 1. The molecule has 0 saturated carbocycles. The molecule has 1 aromatic rings. The highest BCUT2D eigenvalue weighted by atomic mass is 16.4. The minimum Gasteiger partial charge on any atom is -0.478 e. The third-order valence-corrected chi connectivity index (χ3v) is 3.95. The first kappa shape index (κ1) is 16.0. The Morgan fingerprint density at radius 1 is 1.27 bits per heavy atom. The Bertz CT molecular complexity index is 568. The fourth-order valence-corrected chi connectivity index (χ4v) is 2.71. The summed E-state index contributed by atoms with van der Waals surface area (Å²) in [5, 5.41) is 11.4. The molecule has 0 unspecified atom stereocenters. The van der Waals surface area contributed by atoms with E-state index in [2.05, 4.69) is 5.32 Å². The highest BCUT2D eigenvalue weighted by Gasteiger charge is 2.32. The molecule has 1 aliphatic rings. The molecule has 1 aliphatic heterocycles. The summed E-state index contributed by atoms with van der Waals surface area (Å²) in [6, 6.07) is 6.15. The van der Waals surface area contributed by atoms with Crippen molar-refractivity contribution < 1.29 is 19.5 Å². The Labute approximate surface area is 129 Å². The van der Waals surface area contributed by atoms with Gasteiger partial charge in [-0.05, 0) is 37.0 Å². The minimum atomic E-state index is -0.965. The molecule has 2 amide bonds. The topological polar surface area (TPSA) is 86.7 Å². The maximum absolute atomic E-state index is 12.3. The molecule has 0 spiro atoms. The zero-order valence-electron chi connectivity index (χ0n) is 12.5. The van der Waals surface area contributed by atoms with Gasteiger partial charge in [-0.15, -0.1) is 0 Å². The number of rotatable bonds is 5. The molecule has 0 radical (unpaired) electrons. The molecule has 2 rings (SSSR count). The van der Waals surface area contributed by atoms with Crippen LogP contribution in [-0.2, 0) is 16.0 Å². The molecule has 2 N–H and O–H groups in total. The molecule has 6 nitrogen and oxygen atoms in total. The second kappa shape index (κ2) is 7.06. The van der Waals surface area contributed by atoms with Gasteiger partial charge >= 0.3 is 5.97 Å². The summed E-state index contributed by atoms with van der Waals surface area (Å²) in [7, 11) is 1.58. The van der Waals surface area contributed by atoms with Gasteiger partial charge in [0.1, 0.15) is 6.04 Å². The number of likely N-dealkylation sites (N-methyl/N-ethyl adjacent to an activating group) is 1. The number of likely N-dealkylation sites (tertiary alicyclic amines) is 1. The van der Waals surface area contributed by atoms with E-state index in [1.807, 2.05) is 0 Å². The largest absolute Gasteiger partial charge is 0.478 e. The lowest BCUT2D eigenvalue weighted by molar-refractivity contribution is -0.138. The second-order valence-corrected chi connectivity index (χ2v) is 5.36. The first-order valence-electron chi connectivity index (χ1n) is 7.36. The lowest BCUT2D eigenvalue weighted by Crippen LogP contribution is -2.44. The Balaban J connectivity index is 1.92. The van der Waals surface area contributed by atoms with Crippen molar-refractivity contribution in [2.45, 2.75) is 31.7 Å². The van der Waals surface area contributed by atoms with Gasteiger partial charge in [0, 0.05) is 20.0 Å². The van der Waals surface area contributed by atoms with Crippen LogP contribution in [-0.4, -0.2) is 47.4 Å². The lowest BCUT2D eigenvalue weighted by Gasteiger charge is -2.23. The van der Waals surface area contributed by atoms with Gasteiger partial charge in [-0.2, -0.15) is 0 Å². The minimum absolute atomic E-state index is 0.0339. The number of aromatic carboxylic acids is 1. The Kier molecular flexibility index (Phi) is 5.14. The average Bonchev–Trinajstić information content (AvgIpc) is 3.01. The van der Waals surface area contributed by atoms with Gasteiger partial charge in [-0.25, -0.2) is 4.79 Å². The predicted molar refractivity (Wildman–Crippen MR) is 80.5 cm³/mol. The predicted octanol–water partition coefficient (Wildman–Crippen LogP) is 1.05. The smallest absolute Gasteiger partial charge is 0.335 e. The molecule has 0 aromatic heterocycles. The molecule has 118 valence electrons. The standard InChI is InChI=1S/C16H20N2O4/c1-17-15(20)13-3-2-10-18(13)14(19)9-6-11-4-7-12(8-5-11)16(21)22/h4-5,7-8,13H,2-3,6,9-10H2,1H3,(H,17,20)(H,21,22)/t13-/m0/s1. The summed E-state index contributed by atoms with van der Waals surface area (Å²) in [5.41, 5.74) is 1.14. The number of nitrogens with zero attached hydrogens (tertiary/aromatic N) is 1. The van der Waals surface area contributed by atoms with Gasteiger partial charge in [0.15, 0.2) is 0 Å². The molecule has 1 fully saturated rings. The third kappa shape index (κ3) is 3.63. The second-order valence-electron chi connectivity index (χ2n) is 5.36. The first-order valence-corrected chi connectivity index (χ1v) is 7.36. The number of hydrogen-bond donors (Lipinski definition) is 2. The number of carbonyl (C=O) groups is 3. The van der Waals surface area contributed by atoms with Crippen molar-refractivity contribution in [2.24, 2.45) is 0 Å². The maximum Gasteiger partial charge on any atom is 0.335 e. The molecular formula is C16H20N2O4. The summed E-state index contributed by atoms with van der Waals surface area (Å²) < 4.78 is 0. The van der Waals surface area contributed by atoms with E-state index in [1.165, 1.54) is 12.1 Å². The van der Waals surface area contributed by atoms with Crippen molar-refractivity contribution >= 4 is 17.8 Å². The van der Waals surface area contributed by atoms with Crippen molar-refractivity contribution in [3.63, 3.8) is 0 Å². The average molecular weight is 304 g/mol. The Hall–Kier alpha value is -2.37. The van der Waals surface area contributed by atoms with Crippen LogP contribution in [0.2, 0.25) is 0 Å². The number of aryl methyl sites for hydroxylation is 1. The summed E-state index contributed by atoms with van der Waals surface area (Å²) in [6.45, 7) is 0.620. The van der Waals surface area contributed by atoms with E-state index in [0.717, 1.165) is 12.0 Å². The molecule has 1 atom stereocenters. The quantitative estimate of drug-likeness (QED) is 0.851. The van der Waals surface area contributed by atoms with Gasteiger partial charge in [0.05, 0.1) is 5.56 Å². The van der Waals surface area contributed by atoms with Gasteiger partial charge in [0.25, 0.3) is 0 Å². The summed E-state index contributed by atoms with van der Waals surface area (Å²) in [6.07, 6.45) is 2.41. The van der Waals surface area contributed by atoms with E-state index in [1.54, 1.807) is 24.1 Å². The zero-order chi connectivity index (χ0) is 16.1. The molecule has 0 bridgehead atoms. The normalized spacial score (nSPS) is 17.3. The van der Waals surface area contributed by atoms with Crippen molar-refractivity contribution in [1.29, 1.82) is 0 Å². The summed E-state index contributed by atoms with van der Waals surface area (Å²) in [5.74, 6) is -1.11. The fourth-order valence-electron chi connectivity index (χ4n) is 2.71. The van der Waals surface area contributed by atoms with Crippen LogP contribution in [0, 0.1) is 0 Å². The molecular weight excluding hydrogens is 284 g/mol. The van der Waals surface area contributed by atoms with E-state index in [0.29, 0.717) is 25.8 Å². The lowest BCUT2D eigenvalue weighted by atomic mass is 10.1. The monoisotopic (exact) mass is 304 g/mol. The van der Waals surface area contributed by atoms with E-state index in [4.69, 9.17) is 5.11 Å². The van der Waals surface area contributed by atoms with E-state index in [9.17, 15) is 14.4 Å². The van der Waals surface area contributed by atoms with Crippen LogP contribution >= 0.6 is 0 Å². The highest BCUT2D eigenvalue weighted by molar-refractivity contribution is 5.88. The Morgan fingerprint density at radius 3 is 2.55 bits per heavy atom. The van der Waals surface area contributed by atoms with E-state index >= 15 is 0 Å². The van der Waals surface area contributed by atoms with Crippen molar-refractivity contribution in [3.05, 3.63) is 35.4 Å². The van der Waals surface area contributed by atoms with E-state index in [-0.39, 0.29) is 23.4 Å². The summed E-state index contributed by atoms with van der Waals surface area (Å²) in [4.78, 5) is 36.4. The highest BCUT2D eigenvalue weighted by Crippen LogP contribution is 2.19. The van der Waals surface area contributed by atoms with Crippen molar-refractivity contribution in [2.75, 3.05) is 13.6 Å². The van der Waals surface area contributed by atoms with Crippen LogP contribution in [0.15, 0.2) is 24.3 Å². The van der Waals surface area contributed by atoms with Crippen molar-refractivity contribution in [3.8, 4) is 0 Å². The van der Waals surface area contributed by atoms with Crippen LogP contribution in [0.25, 0.3) is 0 Å². The number of hydrogen-bond acceptors (Lipinski definition) is 3. The van der Waals surface area contributed by atoms with Crippen LogP contribution in [0.1, 0.15) is 35.2 Å². The third-order valence-electron chi connectivity index (χ3n) is 3.95. The molecule has 0 aliphatic carbocycles. The van der Waals surface area contributed by atoms with Crippen LogP contribution in [0.5, 0.6) is 0 Å². The van der Waals surface area contributed by atoms with Gasteiger partial charge < -0.3 is 15.3 Å². The summed E-state index contributed by atoms with van der Waals surface area (Å²) >= 11 is 0. The maximum atomic E-state index is 12.3. The number of nitrogens with one attached hydrogen (secondary N) is 1. The SMILES string of the molecule is CNC(=O)[C@@H]1CCCN1C(=O)CCc1ccc(C(=O)O)cc1. The molecule has 1 aromatic carbocycles. The fraction of sp³-hybridized carbons (Fsp3) is 0.438. The first-order chi connectivity index (χ1) is 10.5. The van der Waals surface area contributed by atoms with Crippen LogP contribution in [0.3, 0.4) is 0 Å². The number of benzene rings is 1. The molecule has 1 heterocycles. The molecule has 6 heteroatoms. The van der Waals surface area contributed by atoms with Gasteiger partial charge in [-0.1, -0.05) is 12.1 Å². The van der Waals surface area contributed by atoms with E-state index < -0.39 is 5.97 Å². The Morgan fingerprint density at radius 2 is 1.95 bits per heavy atom. The zero-order valence-corrected chi connectivity index (χ0v) is 12.5. The molecule has 22 heavy (non-hydrogen) atoms. The van der Waals surface area contributed by atoms with Crippen molar-refractivity contribution in [1.82, 2.24) is 10.2 Å².